The van der Waals surface area contributed by atoms with Crippen LogP contribution in [0.4, 0.5) is 0 Å². The fraction of sp³-hybridized carbons (Fsp3) is 0.714. The summed E-state index contributed by atoms with van der Waals surface area (Å²) in [6.07, 6.45) is 5.40. The first-order valence-corrected chi connectivity index (χ1v) is 6.42. The molecule has 0 atom stereocenters. The number of unbranched alkanes of at least 4 members (excludes halogenated alkanes) is 1. The average Bonchev–Trinajstić information content (AvgIpc) is 2.32. The van der Waals surface area contributed by atoms with Crippen LogP contribution >= 0.6 is 0 Å². The Bertz CT molecular complexity index is 262. The maximum Gasteiger partial charge on any atom is 0.0334 e. The molecule has 2 heteroatoms. The number of hydrogen-bond acceptors (Lipinski definition) is 2. The van der Waals surface area contributed by atoms with Crippen molar-refractivity contribution in [2.24, 2.45) is 11.5 Å². The van der Waals surface area contributed by atoms with Gasteiger partial charge < -0.3 is 11.5 Å². The van der Waals surface area contributed by atoms with E-state index < -0.39 is 0 Å². The van der Waals surface area contributed by atoms with Crippen molar-refractivity contribution in [2.75, 3.05) is 6.54 Å². The lowest BCUT2D eigenvalue weighted by Crippen LogP contribution is -2.08. The quantitative estimate of drug-likeness (QED) is 0.514. The van der Waals surface area contributed by atoms with Gasteiger partial charge in [0.1, 0.15) is 0 Å². The summed E-state index contributed by atoms with van der Waals surface area (Å²) < 4.78 is 0. The molecule has 0 aliphatic rings. The van der Waals surface area contributed by atoms with Crippen molar-refractivity contribution in [3.8, 4) is 0 Å². The van der Waals surface area contributed by atoms with Gasteiger partial charge in [-0.25, -0.2) is 0 Å². The Hall–Kier alpha value is -0.760. The second-order valence-electron chi connectivity index (χ2n) is 4.41. The monoisotopic (exact) mass is 224 g/mol. The van der Waals surface area contributed by atoms with E-state index in [0.29, 0.717) is 0 Å². The molecular formula is C14H28N2. The van der Waals surface area contributed by atoms with Crippen LogP contribution in [-0.2, 0) is 0 Å². The molecule has 0 unspecified atom stereocenters. The fourth-order valence-electron chi connectivity index (χ4n) is 1.69. The molecule has 2 nitrogen and oxygen atoms in total. The lowest BCUT2D eigenvalue weighted by molar-refractivity contribution is 0.732. The molecule has 0 fully saturated rings. The number of allylic oxidation sites excluding steroid dienone is 3. The second-order valence-corrected chi connectivity index (χ2v) is 4.41. The molecule has 0 aromatic heterocycles. The summed E-state index contributed by atoms with van der Waals surface area (Å²) in [5, 5.41) is 0. The molecule has 0 bridgehead atoms. The van der Waals surface area contributed by atoms with Crippen LogP contribution in [0, 0.1) is 0 Å². The number of nitrogens with two attached hydrogens (primary N) is 2. The summed E-state index contributed by atoms with van der Waals surface area (Å²) in [5.41, 5.74) is 16.8. The lowest BCUT2D eigenvalue weighted by Gasteiger charge is -2.14. The molecular weight excluding hydrogens is 196 g/mol. The minimum absolute atomic E-state index is 0.773. The lowest BCUT2D eigenvalue weighted by atomic mass is 9.95. The van der Waals surface area contributed by atoms with Crippen LogP contribution in [0.3, 0.4) is 0 Å². The van der Waals surface area contributed by atoms with E-state index >= 15 is 0 Å². The molecule has 0 aliphatic heterocycles. The highest BCUT2D eigenvalue weighted by molar-refractivity contribution is 5.35. The van der Waals surface area contributed by atoms with Gasteiger partial charge in [0.15, 0.2) is 0 Å². The third kappa shape index (κ3) is 4.84. The molecule has 0 saturated carbocycles. The SMILES string of the molecule is CCC(C)=C(N)C(CCCCN)=C(C)CC. The molecule has 0 aromatic rings. The zero-order chi connectivity index (χ0) is 12.6. The minimum Gasteiger partial charge on any atom is -0.399 e. The average molecular weight is 224 g/mol. The molecule has 94 valence electrons. The van der Waals surface area contributed by atoms with Gasteiger partial charge in [-0.05, 0) is 58.1 Å². The van der Waals surface area contributed by atoms with Gasteiger partial charge in [-0.3, -0.25) is 0 Å². The Balaban J connectivity index is 4.83. The summed E-state index contributed by atoms with van der Waals surface area (Å²) in [7, 11) is 0. The first-order valence-electron chi connectivity index (χ1n) is 6.42. The van der Waals surface area contributed by atoms with E-state index in [0.717, 1.165) is 44.3 Å². The summed E-state index contributed by atoms with van der Waals surface area (Å²) in [6, 6.07) is 0. The van der Waals surface area contributed by atoms with Gasteiger partial charge in [0.2, 0.25) is 0 Å². The van der Waals surface area contributed by atoms with Gasteiger partial charge in [-0.15, -0.1) is 0 Å². The summed E-state index contributed by atoms with van der Waals surface area (Å²) in [4.78, 5) is 0. The van der Waals surface area contributed by atoms with Gasteiger partial charge >= 0.3 is 0 Å². The van der Waals surface area contributed by atoms with Gasteiger partial charge in [-0.2, -0.15) is 0 Å². The zero-order valence-electron chi connectivity index (χ0n) is 11.4. The van der Waals surface area contributed by atoms with E-state index in [-0.39, 0.29) is 0 Å². The van der Waals surface area contributed by atoms with Crippen LogP contribution in [0.25, 0.3) is 0 Å². The number of rotatable bonds is 7. The van der Waals surface area contributed by atoms with Gasteiger partial charge in [0, 0.05) is 5.70 Å². The van der Waals surface area contributed by atoms with Crippen molar-refractivity contribution in [2.45, 2.75) is 59.8 Å². The zero-order valence-corrected chi connectivity index (χ0v) is 11.4. The normalized spacial score (nSPS) is 14.6. The van der Waals surface area contributed by atoms with Crippen molar-refractivity contribution < 1.29 is 0 Å². The maximum absolute atomic E-state index is 6.22. The molecule has 0 heterocycles. The summed E-state index contributed by atoms with van der Waals surface area (Å²) in [6.45, 7) is 9.43. The van der Waals surface area contributed by atoms with Crippen LogP contribution in [-0.4, -0.2) is 6.54 Å². The molecule has 0 amide bonds. The topological polar surface area (TPSA) is 52.0 Å². The minimum atomic E-state index is 0.773. The molecule has 4 N–H and O–H groups in total. The van der Waals surface area contributed by atoms with Crippen LogP contribution in [0.15, 0.2) is 22.4 Å². The predicted molar refractivity (Wildman–Crippen MR) is 73.1 cm³/mol. The Morgan fingerprint density at radius 3 is 1.94 bits per heavy atom. The van der Waals surface area contributed by atoms with Crippen molar-refractivity contribution >= 4 is 0 Å². The van der Waals surface area contributed by atoms with Crippen molar-refractivity contribution in [1.82, 2.24) is 0 Å². The smallest absolute Gasteiger partial charge is 0.0334 e. The molecule has 0 rings (SSSR count). The molecule has 0 saturated heterocycles. The molecule has 0 aromatic carbocycles. The second kappa shape index (κ2) is 8.40. The molecule has 16 heavy (non-hydrogen) atoms. The van der Waals surface area contributed by atoms with Gasteiger partial charge in [-0.1, -0.05) is 25.0 Å². The van der Waals surface area contributed by atoms with Crippen LogP contribution in [0.1, 0.15) is 59.8 Å². The van der Waals surface area contributed by atoms with Crippen molar-refractivity contribution in [3.63, 3.8) is 0 Å². The standard InChI is InChI=1S/C14H28N2/c1-5-11(3)13(9-7-8-10-15)14(16)12(4)6-2/h5-10,15-16H2,1-4H3. The highest BCUT2D eigenvalue weighted by Gasteiger charge is 2.07. The summed E-state index contributed by atoms with van der Waals surface area (Å²) in [5.74, 6) is 0. The first-order chi connectivity index (χ1) is 7.58. The van der Waals surface area contributed by atoms with E-state index in [4.69, 9.17) is 11.5 Å². The van der Waals surface area contributed by atoms with E-state index in [1.165, 1.54) is 16.7 Å². The van der Waals surface area contributed by atoms with E-state index in [9.17, 15) is 0 Å². The molecule has 0 radical (unpaired) electrons. The number of hydrogen-bond donors (Lipinski definition) is 2. The molecule has 0 spiro atoms. The van der Waals surface area contributed by atoms with Crippen LogP contribution < -0.4 is 11.5 Å². The Morgan fingerprint density at radius 2 is 1.50 bits per heavy atom. The van der Waals surface area contributed by atoms with Crippen LogP contribution in [0.5, 0.6) is 0 Å². The van der Waals surface area contributed by atoms with E-state index in [1.807, 2.05) is 0 Å². The van der Waals surface area contributed by atoms with Crippen LogP contribution in [0.2, 0.25) is 0 Å². The summed E-state index contributed by atoms with van der Waals surface area (Å²) >= 11 is 0. The van der Waals surface area contributed by atoms with E-state index in [2.05, 4.69) is 27.7 Å². The Kier molecular flexibility index (Phi) is 8.00. The van der Waals surface area contributed by atoms with Crippen molar-refractivity contribution in [1.29, 1.82) is 0 Å². The van der Waals surface area contributed by atoms with E-state index in [1.54, 1.807) is 0 Å². The molecule has 0 aliphatic carbocycles. The third-order valence-electron chi connectivity index (χ3n) is 3.24. The Morgan fingerprint density at radius 1 is 0.938 bits per heavy atom. The first kappa shape index (κ1) is 15.2. The maximum atomic E-state index is 6.22. The van der Waals surface area contributed by atoms with Crippen molar-refractivity contribution in [3.05, 3.63) is 22.4 Å². The largest absolute Gasteiger partial charge is 0.399 e. The predicted octanol–water partition coefficient (Wildman–Crippen LogP) is 3.48. The highest BCUT2D eigenvalue weighted by atomic mass is 14.6. The Labute approximate surface area is 101 Å². The fourth-order valence-corrected chi connectivity index (χ4v) is 1.69. The highest BCUT2D eigenvalue weighted by Crippen LogP contribution is 2.23. The third-order valence-corrected chi connectivity index (χ3v) is 3.24. The van der Waals surface area contributed by atoms with Gasteiger partial charge in [0.05, 0.1) is 0 Å². The van der Waals surface area contributed by atoms with Gasteiger partial charge in [0.25, 0.3) is 0 Å².